The Morgan fingerprint density at radius 1 is 1.38 bits per heavy atom. The minimum Gasteiger partial charge on any atom is -0.309 e. The number of hydrogen-bond donors (Lipinski definition) is 3. The molecule has 9 heteroatoms. The van der Waals surface area contributed by atoms with E-state index in [4.69, 9.17) is 0 Å². The van der Waals surface area contributed by atoms with Crippen molar-refractivity contribution >= 4 is 24.0 Å². The summed E-state index contributed by atoms with van der Waals surface area (Å²) in [5.74, 6) is -0.310. The molecule has 3 amide bonds. The number of aryl methyl sites for hydroxylation is 1. The first-order valence-corrected chi connectivity index (χ1v) is 10.2. The maximum atomic E-state index is 13.2. The van der Waals surface area contributed by atoms with E-state index >= 15 is 0 Å². The third-order valence-electron chi connectivity index (χ3n) is 5.69. The maximum absolute atomic E-state index is 13.2. The summed E-state index contributed by atoms with van der Waals surface area (Å²) in [5, 5.41) is 14.3. The third kappa shape index (κ3) is 5.51. The molecule has 2 heterocycles. The van der Waals surface area contributed by atoms with Crippen molar-refractivity contribution in [1.29, 1.82) is 0 Å². The molecule has 3 rings (SSSR count). The second kappa shape index (κ2) is 9.80. The topological polar surface area (TPSA) is 115 Å². The molecule has 2 aliphatic rings. The van der Waals surface area contributed by atoms with Gasteiger partial charge in [-0.1, -0.05) is 31.7 Å². The van der Waals surface area contributed by atoms with E-state index in [2.05, 4.69) is 15.7 Å². The van der Waals surface area contributed by atoms with Gasteiger partial charge in [-0.2, -0.15) is 0 Å². The minimum absolute atomic E-state index is 0.0785. The smallest absolute Gasteiger partial charge is 0.250 e. The van der Waals surface area contributed by atoms with Gasteiger partial charge in [-0.05, 0) is 37.3 Å². The summed E-state index contributed by atoms with van der Waals surface area (Å²) in [6.45, 7) is 2.33. The van der Waals surface area contributed by atoms with E-state index in [1.165, 1.54) is 5.01 Å². The van der Waals surface area contributed by atoms with Crippen molar-refractivity contribution in [2.45, 2.75) is 51.5 Å². The SMILES string of the molecule is Cc1ccc(NC(=O)[C@@H]2CCNN2C(=O)[C@H](CC2CCCC2)CN(O)C=O)nc1. The second-order valence-electron chi connectivity index (χ2n) is 7.94. The minimum atomic E-state index is -0.667. The van der Waals surface area contributed by atoms with Crippen LogP contribution in [0.2, 0.25) is 0 Å². The molecule has 158 valence electrons. The number of nitrogens with one attached hydrogen (secondary N) is 2. The van der Waals surface area contributed by atoms with Crippen LogP contribution >= 0.6 is 0 Å². The van der Waals surface area contributed by atoms with Crippen molar-refractivity contribution < 1.29 is 19.6 Å². The summed E-state index contributed by atoms with van der Waals surface area (Å²) < 4.78 is 0. The van der Waals surface area contributed by atoms with Crippen LogP contribution in [0, 0.1) is 18.8 Å². The van der Waals surface area contributed by atoms with Gasteiger partial charge in [-0.15, -0.1) is 0 Å². The molecule has 9 nitrogen and oxygen atoms in total. The van der Waals surface area contributed by atoms with Crippen LogP contribution < -0.4 is 10.7 Å². The third-order valence-corrected chi connectivity index (χ3v) is 5.69. The van der Waals surface area contributed by atoms with Crippen LogP contribution in [0.3, 0.4) is 0 Å². The number of aromatic nitrogens is 1. The molecule has 2 atom stereocenters. The monoisotopic (exact) mass is 403 g/mol. The number of pyridine rings is 1. The van der Waals surface area contributed by atoms with E-state index in [1.807, 2.05) is 13.0 Å². The molecule has 1 saturated heterocycles. The largest absolute Gasteiger partial charge is 0.309 e. The van der Waals surface area contributed by atoms with Crippen LogP contribution in [0.5, 0.6) is 0 Å². The number of anilines is 1. The van der Waals surface area contributed by atoms with Crippen molar-refractivity contribution in [3.63, 3.8) is 0 Å². The van der Waals surface area contributed by atoms with Gasteiger partial charge in [0, 0.05) is 12.7 Å². The summed E-state index contributed by atoms with van der Waals surface area (Å²) in [7, 11) is 0. The highest BCUT2D eigenvalue weighted by Gasteiger charge is 2.39. The standard InChI is InChI=1S/C20H29N5O4/c1-14-6-7-18(21-11-14)23-19(27)17-8-9-22-25(17)20(28)16(12-24(29)13-26)10-15-4-2-3-5-15/h6-7,11,13,15-17,22,29H,2-5,8-10,12H2,1H3,(H,21,23,27)/t16-,17+/m1/s1. The first-order valence-electron chi connectivity index (χ1n) is 10.2. The highest BCUT2D eigenvalue weighted by molar-refractivity contribution is 5.97. The van der Waals surface area contributed by atoms with Gasteiger partial charge < -0.3 is 5.32 Å². The van der Waals surface area contributed by atoms with Gasteiger partial charge >= 0.3 is 0 Å². The van der Waals surface area contributed by atoms with E-state index < -0.39 is 12.0 Å². The molecule has 3 N–H and O–H groups in total. The summed E-state index contributed by atoms with van der Waals surface area (Å²) in [6.07, 6.45) is 7.42. The Bertz CT molecular complexity index is 720. The molecular weight excluding hydrogens is 374 g/mol. The van der Waals surface area contributed by atoms with Crippen LogP contribution in [0.1, 0.15) is 44.1 Å². The van der Waals surface area contributed by atoms with Crippen LogP contribution in [0.25, 0.3) is 0 Å². The Hall–Kier alpha value is -2.52. The Morgan fingerprint density at radius 3 is 2.79 bits per heavy atom. The molecular formula is C20H29N5O4. The zero-order valence-corrected chi connectivity index (χ0v) is 16.7. The Morgan fingerprint density at radius 2 is 2.14 bits per heavy atom. The van der Waals surface area contributed by atoms with Crippen LogP contribution in [0.4, 0.5) is 5.82 Å². The van der Waals surface area contributed by atoms with E-state index in [0.717, 1.165) is 31.2 Å². The van der Waals surface area contributed by atoms with Gasteiger partial charge in [0.15, 0.2) is 0 Å². The van der Waals surface area contributed by atoms with E-state index in [-0.39, 0.29) is 18.4 Å². The lowest BCUT2D eigenvalue weighted by atomic mass is 9.92. The van der Waals surface area contributed by atoms with Gasteiger partial charge in [-0.25, -0.2) is 15.5 Å². The van der Waals surface area contributed by atoms with Crippen molar-refractivity contribution in [3.8, 4) is 0 Å². The molecule has 1 aromatic heterocycles. The highest BCUT2D eigenvalue weighted by atomic mass is 16.5. The first kappa shape index (κ1) is 21.2. The second-order valence-corrected chi connectivity index (χ2v) is 7.94. The van der Waals surface area contributed by atoms with Gasteiger partial charge in [0.1, 0.15) is 11.9 Å². The predicted octanol–water partition coefficient (Wildman–Crippen LogP) is 1.48. The molecule has 0 unspecified atom stereocenters. The highest BCUT2D eigenvalue weighted by Crippen LogP contribution is 2.31. The average Bonchev–Trinajstić information content (AvgIpc) is 3.40. The van der Waals surface area contributed by atoms with Crippen molar-refractivity contribution in [2.75, 3.05) is 18.4 Å². The van der Waals surface area contributed by atoms with Gasteiger partial charge in [0.2, 0.25) is 18.2 Å². The molecule has 1 aromatic rings. The lowest BCUT2D eigenvalue weighted by molar-refractivity contribution is -0.159. The molecule has 0 bridgehead atoms. The van der Waals surface area contributed by atoms with Crippen molar-refractivity contribution in [2.24, 2.45) is 11.8 Å². The van der Waals surface area contributed by atoms with Crippen molar-refractivity contribution in [3.05, 3.63) is 23.9 Å². The fraction of sp³-hybridized carbons (Fsp3) is 0.600. The number of hydrazine groups is 1. The number of nitrogens with zero attached hydrogens (tertiary/aromatic N) is 3. The Kier molecular flexibility index (Phi) is 7.16. The van der Waals surface area contributed by atoms with Gasteiger partial charge in [0.25, 0.3) is 0 Å². The zero-order valence-electron chi connectivity index (χ0n) is 16.7. The lowest BCUT2D eigenvalue weighted by Gasteiger charge is -2.29. The lowest BCUT2D eigenvalue weighted by Crippen LogP contribution is -2.51. The van der Waals surface area contributed by atoms with Crippen molar-refractivity contribution in [1.82, 2.24) is 20.5 Å². The molecule has 0 spiro atoms. The Balaban J connectivity index is 1.68. The number of carbonyl (C=O) groups excluding carboxylic acids is 3. The zero-order chi connectivity index (χ0) is 20.8. The van der Waals surface area contributed by atoms with E-state index in [9.17, 15) is 19.6 Å². The van der Waals surface area contributed by atoms with E-state index in [0.29, 0.717) is 42.6 Å². The quantitative estimate of drug-likeness (QED) is 0.344. The van der Waals surface area contributed by atoms with Crippen LogP contribution in [-0.2, 0) is 14.4 Å². The number of carbonyl (C=O) groups is 3. The molecule has 29 heavy (non-hydrogen) atoms. The normalized spacial score (nSPS) is 20.5. The van der Waals surface area contributed by atoms with Crippen LogP contribution in [0.15, 0.2) is 18.3 Å². The molecule has 1 saturated carbocycles. The van der Waals surface area contributed by atoms with Crippen LogP contribution in [-0.4, -0.2) is 57.6 Å². The molecule has 2 fully saturated rings. The fourth-order valence-corrected chi connectivity index (χ4v) is 4.16. The molecule has 0 radical (unpaired) electrons. The first-order chi connectivity index (χ1) is 14.0. The molecule has 1 aliphatic heterocycles. The molecule has 0 aromatic carbocycles. The summed E-state index contributed by atoms with van der Waals surface area (Å²) in [4.78, 5) is 41.0. The number of amides is 3. The van der Waals surface area contributed by atoms with Gasteiger partial charge in [-0.3, -0.25) is 24.6 Å². The number of hydrogen-bond acceptors (Lipinski definition) is 6. The predicted molar refractivity (Wildman–Crippen MR) is 105 cm³/mol. The van der Waals surface area contributed by atoms with E-state index in [1.54, 1.807) is 12.3 Å². The number of rotatable bonds is 8. The number of hydroxylamine groups is 2. The summed E-state index contributed by atoms with van der Waals surface area (Å²) >= 11 is 0. The van der Waals surface area contributed by atoms with Gasteiger partial charge in [0.05, 0.1) is 12.5 Å². The summed E-state index contributed by atoms with van der Waals surface area (Å²) in [6, 6.07) is 2.91. The fourth-order valence-electron chi connectivity index (χ4n) is 4.16. The summed E-state index contributed by atoms with van der Waals surface area (Å²) in [5.41, 5.74) is 3.98. The maximum Gasteiger partial charge on any atom is 0.250 e. The Labute approximate surface area is 170 Å². The average molecular weight is 403 g/mol. The molecule has 1 aliphatic carbocycles.